The van der Waals surface area contributed by atoms with Crippen LogP contribution in [-0.4, -0.2) is 0 Å². The summed E-state index contributed by atoms with van der Waals surface area (Å²) in [7, 11) is 0. The molecular weight excluding hydrogens is 372 g/mol. The van der Waals surface area contributed by atoms with Gasteiger partial charge in [-0.1, -0.05) is 81.9 Å². The van der Waals surface area contributed by atoms with Crippen molar-refractivity contribution in [2.75, 3.05) is 0 Å². The van der Waals surface area contributed by atoms with Crippen LogP contribution in [0.2, 0.25) is 5.02 Å². The maximum absolute atomic E-state index is 6.50. The summed E-state index contributed by atoms with van der Waals surface area (Å²) in [5, 5.41) is 0.898. The molecule has 2 saturated carbocycles. The first-order chi connectivity index (χ1) is 14.2. The van der Waals surface area contributed by atoms with Gasteiger partial charge in [0.05, 0.1) is 0 Å². The molecule has 0 atom stereocenters. The maximum Gasteiger partial charge on any atom is 0.0450 e. The Hall–Kier alpha value is -0.930. The number of halogens is 1. The Bertz CT molecular complexity index is 663. The van der Waals surface area contributed by atoms with E-state index in [-0.39, 0.29) is 0 Å². The van der Waals surface area contributed by atoms with Gasteiger partial charge >= 0.3 is 0 Å². The summed E-state index contributed by atoms with van der Waals surface area (Å²) in [4.78, 5) is 0. The molecule has 2 aliphatic rings. The number of hydrogen-bond donors (Lipinski definition) is 0. The van der Waals surface area contributed by atoms with Crippen LogP contribution in [0.3, 0.4) is 0 Å². The van der Waals surface area contributed by atoms with Gasteiger partial charge in [0, 0.05) is 16.5 Å². The standard InChI is InChI=1S/C28H41Cl/c1-3-5-6-8-27-20-15-24(21-28(27)29)10-9-23-13-18-26(19-14-23)25-16-11-22(7-4-2)12-17-25/h15,20-23,25-26H,3-8,11-14,16-19H2,1-2H3/t22-,23?,25-,26?. The van der Waals surface area contributed by atoms with Crippen LogP contribution < -0.4 is 0 Å². The summed E-state index contributed by atoms with van der Waals surface area (Å²) in [5.41, 5.74) is 2.37. The van der Waals surface area contributed by atoms with Crippen LogP contribution in [0.1, 0.15) is 108 Å². The second kappa shape index (κ2) is 12.1. The third-order valence-corrected chi connectivity index (χ3v) is 7.90. The Morgan fingerprint density at radius 1 is 0.862 bits per heavy atom. The molecule has 3 rings (SSSR count). The molecule has 1 aromatic carbocycles. The average Bonchev–Trinajstić information content (AvgIpc) is 2.75. The summed E-state index contributed by atoms with van der Waals surface area (Å²) < 4.78 is 0. The normalized spacial score (nSPS) is 27.3. The minimum atomic E-state index is 0.589. The highest BCUT2D eigenvalue weighted by atomic mass is 35.5. The van der Waals surface area contributed by atoms with E-state index in [1.54, 1.807) is 0 Å². The number of hydrogen-bond acceptors (Lipinski definition) is 0. The Morgan fingerprint density at radius 3 is 2.17 bits per heavy atom. The van der Waals surface area contributed by atoms with E-state index in [1.165, 1.54) is 89.0 Å². The zero-order chi connectivity index (χ0) is 20.5. The van der Waals surface area contributed by atoms with Gasteiger partial charge in [0.15, 0.2) is 0 Å². The van der Waals surface area contributed by atoms with E-state index in [2.05, 4.69) is 43.9 Å². The average molecular weight is 413 g/mol. The second-order valence-electron chi connectivity index (χ2n) is 9.71. The van der Waals surface area contributed by atoms with Gasteiger partial charge < -0.3 is 0 Å². The van der Waals surface area contributed by atoms with Crippen molar-refractivity contribution in [1.29, 1.82) is 0 Å². The van der Waals surface area contributed by atoms with Crippen LogP contribution in [0.25, 0.3) is 0 Å². The molecule has 0 N–H and O–H groups in total. The molecule has 2 fully saturated rings. The summed E-state index contributed by atoms with van der Waals surface area (Å²) in [5.74, 6) is 10.6. The fraction of sp³-hybridized carbons (Fsp3) is 0.714. The van der Waals surface area contributed by atoms with Crippen LogP contribution in [0, 0.1) is 35.5 Å². The van der Waals surface area contributed by atoms with E-state index >= 15 is 0 Å². The molecule has 0 aromatic heterocycles. The fourth-order valence-corrected chi connectivity index (χ4v) is 5.95. The summed E-state index contributed by atoms with van der Waals surface area (Å²) in [6.45, 7) is 4.58. The molecule has 1 aromatic rings. The Balaban J connectivity index is 1.44. The molecule has 0 nitrogen and oxygen atoms in total. The minimum absolute atomic E-state index is 0.589. The van der Waals surface area contributed by atoms with E-state index in [0.717, 1.165) is 34.8 Å². The molecule has 2 aliphatic carbocycles. The van der Waals surface area contributed by atoms with Crippen molar-refractivity contribution in [2.24, 2.45) is 23.7 Å². The maximum atomic E-state index is 6.50. The van der Waals surface area contributed by atoms with Gasteiger partial charge in [-0.2, -0.15) is 0 Å². The number of rotatable bonds is 7. The lowest BCUT2D eigenvalue weighted by Crippen LogP contribution is -2.25. The van der Waals surface area contributed by atoms with Gasteiger partial charge in [-0.05, 0) is 86.8 Å². The Morgan fingerprint density at radius 2 is 1.55 bits per heavy atom. The molecule has 0 aliphatic heterocycles. The van der Waals surface area contributed by atoms with Gasteiger partial charge in [0.1, 0.15) is 0 Å². The Kier molecular flexibility index (Phi) is 9.45. The lowest BCUT2D eigenvalue weighted by atomic mass is 9.69. The highest BCUT2D eigenvalue weighted by Gasteiger charge is 2.30. The first kappa shape index (κ1) is 22.7. The van der Waals surface area contributed by atoms with Crippen molar-refractivity contribution in [3.63, 3.8) is 0 Å². The number of benzene rings is 1. The smallest absolute Gasteiger partial charge is 0.0450 e. The molecule has 0 radical (unpaired) electrons. The predicted molar refractivity (Wildman–Crippen MR) is 127 cm³/mol. The van der Waals surface area contributed by atoms with E-state index in [4.69, 9.17) is 11.6 Å². The van der Waals surface area contributed by atoms with Gasteiger partial charge in [-0.15, -0.1) is 0 Å². The van der Waals surface area contributed by atoms with Crippen LogP contribution in [0.15, 0.2) is 18.2 Å². The van der Waals surface area contributed by atoms with Crippen molar-refractivity contribution in [2.45, 2.75) is 104 Å². The summed E-state index contributed by atoms with van der Waals surface area (Å²) in [6.07, 6.45) is 19.1. The second-order valence-corrected chi connectivity index (χ2v) is 10.1. The van der Waals surface area contributed by atoms with Crippen molar-refractivity contribution in [3.8, 4) is 11.8 Å². The molecule has 0 heterocycles. The van der Waals surface area contributed by atoms with Gasteiger partial charge in [-0.25, -0.2) is 0 Å². The molecule has 0 saturated heterocycles. The highest BCUT2D eigenvalue weighted by molar-refractivity contribution is 6.31. The first-order valence-electron chi connectivity index (χ1n) is 12.5. The van der Waals surface area contributed by atoms with Crippen LogP contribution >= 0.6 is 11.6 Å². The molecule has 0 unspecified atom stereocenters. The first-order valence-corrected chi connectivity index (χ1v) is 12.9. The van der Waals surface area contributed by atoms with E-state index < -0.39 is 0 Å². The third-order valence-electron chi connectivity index (χ3n) is 7.55. The third kappa shape index (κ3) is 7.07. The van der Waals surface area contributed by atoms with Crippen LogP contribution in [0.5, 0.6) is 0 Å². The number of aryl methyl sites for hydroxylation is 1. The highest BCUT2D eigenvalue weighted by Crippen LogP contribution is 2.42. The molecule has 160 valence electrons. The topological polar surface area (TPSA) is 0 Å². The lowest BCUT2D eigenvalue weighted by Gasteiger charge is -2.37. The monoisotopic (exact) mass is 412 g/mol. The van der Waals surface area contributed by atoms with Crippen LogP contribution in [0.4, 0.5) is 0 Å². The van der Waals surface area contributed by atoms with E-state index in [9.17, 15) is 0 Å². The molecule has 0 spiro atoms. The molecule has 29 heavy (non-hydrogen) atoms. The van der Waals surface area contributed by atoms with Gasteiger partial charge in [0.2, 0.25) is 0 Å². The van der Waals surface area contributed by atoms with Gasteiger partial charge in [0.25, 0.3) is 0 Å². The Labute approximate surface area is 185 Å². The largest absolute Gasteiger partial charge is 0.0945 e. The predicted octanol–water partition coefficient (Wildman–Crippen LogP) is 8.84. The zero-order valence-electron chi connectivity index (χ0n) is 18.8. The molecule has 0 amide bonds. The van der Waals surface area contributed by atoms with Crippen molar-refractivity contribution in [1.82, 2.24) is 0 Å². The fourth-order valence-electron chi connectivity index (χ4n) is 5.67. The summed E-state index contributed by atoms with van der Waals surface area (Å²) in [6, 6.07) is 6.44. The summed E-state index contributed by atoms with van der Waals surface area (Å²) >= 11 is 6.50. The van der Waals surface area contributed by atoms with E-state index in [0.29, 0.717) is 5.92 Å². The molecular formula is C28H41Cl. The van der Waals surface area contributed by atoms with Crippen molar-refractivity contribution in [3.05, 3.63) is 34.3 Å². The minimum Gasteiger partial charge on any atom is -0.0945 e. The van der Waals surface area contributed by atoms with Crippen LogP contribution in [-0.2, 0) is 6.42 Å². The quantitative estimate of drug-likeness (QED) is 0.310. The van der Waals surface area contributed by atoms with Crippen molar-refractivity contribution >= 4 is 11.6 Å². The molecule has 0 bridgehead atoms. The van der Waals surface area contributed by atoms with E-state index in [1.807, 2.05) is 0 Å². The lowest BCUT2D eigenvalue weighted by molar-refractivity contribution is 0.154. The molecule has 1 heteroatoms. The zero-order valence-corrected chi connectivity index (χ0v) is 19.6. The van der Waals surface area contributed by atoms with Crippen molar-refractivity contribution < 1.29 is 0 Å². The SMILES string of the molecule is CCCCCc1ccc(C#CC2CCC([C@H]3CC[C@H](CCC)CC3)CC2)cc1Cl. The number of unbranched alkanes of at least 4 members (excludes halogenated alkanes) is 2. The van der Waals surface area contributed by atoms with Gasteiger partial charge in [-0.3, -0.25) is 0 Å².